The molecule has 0 radical (unpaired) electrons. The number of nitro benzene ring substituents is 1. The van der Waals surface area contributed by atoms with Crippen LogP contribution >= 0.6 is 11.6 Å². The lowest BCUT2D eigenvalue weighted by Gasteiger charge is -2.16. The van der Waals surface area contributed by atoms with E-state index in [1.165, 1.54) is 6.92 Å². The minimum atomic E-state index is -4.40. The van der Waals surface area contributed by atoms with Crippen molar-refractivity contribution in [2.45, 2.75) is 25.6 Å². The van der Waals surface area contributed by atoms with Gasteiger partial charge in [-0.3, -0.25) is 14.9 Å². The molecule has 0 aromatic heterocycles. The number of benzene rings is 1. The summed E-state index contributed by atoms with van der Waals surface area (Å²) in [5.74, 6) is -0.818. The van der Waals surface area contributed by atoms with E-state index in [0.717, 1.165) is 18.2 Å². The molecule has 1 aromatic rings. The number of nitrogens with zero attached hydrogens (tertiary/aromatic N) is 1. The fraction of sp³-hybridized carbons (Fsp3) is 0.364. The van der Waals surface area contributed by atoms with Crippen LogP contribution in [0, 0.1) is 10.1 Å². The molecule has 20 heavy (non-hydrogen) atoms. The summed E-state index contributed by atoms with van der Waals surface area (Å²) in [5.41, 5.74) is -0.429. The van der Waals surface area contributed by atoms with Crippen molar-refractivity contribution in [2.75, 3.05) is 0 Å². The van der Waals surface area contributed by atoms with Crippen molar-refractivity contribution in [2.24, 2.45) is 0 Å². The number of non-ortho nitro benzene ring substituents is 1. The highest BCUT2D eigenvalue weighted by molar-refractivity contribution is 6.34. The number of carbonyl (C=O) groups is 1. The molecular formula is C11H10ClF3N2O3. The molecule has 1 rings (SSSR count). The molecule has 0 aliphatic rings. The molecule has 0 aliphatic heterocycles. The first-order chi connectivity index (χ1) is 9.10. The van der Waals surface area contributed by atoms with Crippen molar-refractivity contribution >= 4 is 23.2 Å². The second-order valence-electron chi connectivity index (χ2n) is 4.12. The maximum absolute atomic E-state index is 12.1. The first-order valence-corrected chi connectivity index (χ1v) is 5.79. The van der Waals surface area contributed by atoms with Gasteiger partial charge in [-0.15, -0.1) is 0 Å². The summed E-state index contributed by atoms with van der Waals surface area (Å²) in [6, 6.07) is 1.98. The molecule has 1 atom stereocenters. The molecule has 0 aliphatic carbocycles. The molecule has 0 saturated heterocycles. The zero-order chi connectivity index (χ0) is 15.5. The summed E-state index contributed by atoms with van der Waals surface area (Å²) in [4.78, 5) is 21.5. The second-order valence-corrected chi connectivity index (χ2v) is 4.52. The SMILES string of the molecule is CC(CC(F)(F)F)NC(=O)c1ccc([N+](=O)[O-])cc1Cl. The van der Waals surface area contributed by atoms with E-state index in [0.29, 0.717) is 0 Å². The van der Waals surface area contributed by atoms with Gasteiger partial charge in [0.2, 0.25) is 0 Å². The highest BCUT2D eigenvalue weighted by atomic mass is 35.5. The summed E-state index contributed by atoms with van der Waals surface area (Å²) in [5, 5.41) is 12.4. The maximum atomic E-state index is 12.1. The van der Waals surface area contributed by atoms with Gasteiger partial charge in [0.1, 0.15) is 0 Å². The Labute approximate surface area is 116 Å². The Hall–Kier alpha value is -1.83. The Morgan fingerprint density at radius 1 is 1.50 bits per heavy atom. The minimum Gasteiger partial charge on any atom is -0.349 e. The van der Waals surface area contributed by atoms with Crippen molar-refractivity contribution in [3.63, 3.8) is 0 Å². The molecule has 0 saturated carbocycles. The fourth-order valence-electron chi connectivity index (χ4n) is 1.50. The quantitative estimate of drug-likeness (QED) is 0.685. The zero-order valence-electron chi connectivity index (χ0n) is 10.2. The normalized spacial score (nSPS) is 12.8. The standard InChI is InChI=1S/C11H10ClF3N2O3/c1-6(5-11(13,14)15)16-10(18)8-3-2-7(17(19)20)4-9(8)12/h2-4,6H,5H2,1H3,(H,16,18). The van der Waals surface area contributed by atoms with Crippen LogP contribution in [0.5, 0.6) is 0 Å². The number of nitro groups is 1. The van der Waals surface area contributed by atoms with Crippen LogP contribution in [0.2, 0.25) is 5.02 Å². The zero-order valence-corrected chi connectivity index (χ0v) is 11.0. The van der Waals surface area contributed by atoms with E-state index in [1.54, 1.807) is 0 Å². The number of hydrogen-bond acceptors (Lipinski definition) is 3. The molecule has 1 N–H and O–H groups in total. The molecule has 0 heterocycles. The molecule has 1 unspecified atom stereocenters. The third-order valence-corrected chi connectivity index (χ3v) is 2.64. The van der Waals surface area contributed by atoms with E-state index in [4.69, 9.17) is 11.6 Å². The average Bonchev–Trinajstić information content (AvgIpc) is 2.25. The van der Waals surface area contributed by atoms with Gasteiger partial charge in [0.15, 0.2) is 0 Å². The molecule has 1 amide bonds. The van der Waals surface area contributed by atoms with Gasteiger partial charge in [0.25, 0.3) is 11.6 Å². The largest absolute Gasteiger partial charge is 0.391 e. The van der Waals surface area contributed by atoms with Crippen LogP contribution < -0.4 is 5.32 Å². The van der Waals surface area contributed by atoms with E-state index < -0.39 is 29.5 Å². The van der Waals surface area contributed by atoms with Gasteiger partial charge < -0.3 is 5.32 Å². The lowest BCUT2D eigenvalue weighted by Crippen LogP contribution is -2.36. The smallest absolute Gasteiger partial charge is 0.349 e. The predicted molar refractivity (Wildman–Crippen MR) is 65.7 cm³/mol. The molecule has 0 spiro atoms. The van der Waals surface area contributed by atoms with E-state index in [9.17, 15) is 28.1 Å². The highest BCUT2D eigenvalue weighted by Gasteiger charge is 2.31. The molecule has 0 fully saturated rings. The average molecular weight is 311 g/mol. The molecule has 0 bridgehead atoms. The molecule has 5 nitrogen and oxygen atoms in total. The van der Waals surface area contributed by atoms with E-state index in [1.807, 2.05) is 0 Å². The van der Waals surface area contributed by atoms with Crippen molar-refractivity contribution < 1.29 is 22.9 Å². The molecule has 9 heteroatoms. The summed E-state index contributed by atoms with van der Waals surface area (Å²) in [6.07, 6.45) is -5.57. The molecular weight excluding hydrogens is 301 g/mol. The van der Waals surface area contributed by atoms with Crippen LogP contribution in [0.4, 0.5) is 18.9 Å². The molecule has 110 valence electrons. The van der Waals surface area contributed by atoms with Gasteiger partial charge in [-0.2, -0.15) is 13.2 Å². The van der Waals surface area contributed by atoms with Crippen LogP contribution in [0.15, 0.2) is 18.2 Å². The van der Waals surface area contributed by atoms with Gasteiger partial charge >= 0.3 is 6.18 Å². The van der Waals surface area contributed by atoms with Crippen molar-refractivity contribution in [1.82, 2.24) is 5.32 Å². The number of hydrogen-bond donors (Lipinski definition) is 1. The summed E-state index contributed by atoms with van der Waals surface area (Å²) < 4.78 is 36.4. The molecule has 1 aromatic carbocycles. The van der Waals surface area contributed by atoms with E-state index in [2.05, 4.69) is 5.32 Å². The maximum Gasteiger partial charge on any atom is 0.391 e. The summed E-state index contributed by atoms with van der Waals surface area (Å²) in [6.45, 7) is 1.20. The van der Waals surface area contributed by atoms with Crippen LogP contribution in [-0.2, 0) is 0 Å². The van der Waals surface area contributed by atoms with E-state index >= 15 is 0 Å². The number of alkyl halides is 3. The van der Waals surface area contributed by atoms with Crippen molar-refractivity contribution in [3.05, 3.63) is 38.9 Å². The monoisotopic (exact) mass is 310 g/mol. The van der Waals surface area contributed by atoms with Gasteiger partial charge in [-0.25, -0.2) is 0 Å². The second kappa shape index (κ2) is 6.08. The van der Waals surface area contributed by atoms with Gasteiger partial charge in [0, 0.05) is 18.2 Å². The van der Waals surface area contributed by atoms with Crippen LogP contribution in [-0.4, -0.2) is 23.0 Å². The Bertz CT molecular complexity index is 534. The first-order valence-electron chi connectivity index (χ1n) is 5.41. The van der Waals surface area contributed by atoms with Crippen LogP contribution in [0.25, 0.3) is 0 Å². The third kappa shape index (κ3) is 4.69. The first kappa shape index (κ1) is 16.2. The number of amides is 1. The Morgan fingerprint density at radius 3 is 2.55 bits per heavy atom. The Kier molecular flexibility index (Phi) is 4.93. The van der Waals surface area contributed by atoms with Gasteiger partial charge in [-0.05, 0) is 13.0 Å². The number of rotatable bonds is 4. The lowest BCUT2D eigenvalue weighted by atomic mass is 10.1. The number of halogens is 4. The highest BCUT2D eigenvalue weighted by Crippen LogP contribution is 2.24. The summed E-state index contributed by atoms with van der Waals surface area (Å²) >= 11 is 5.70. The van der Waals surface area contributed by atoms with Gasteiger partial charge in [-0.1, -0.05) is 11.6 Å². The van der Waals surface area contributed by atoms with Gasteiger partial charge in [0.05, 0.1) is 21.9 Å². The summed E-state index contributed by atoms with van der Waals surface area (Å²) in [7, 11) is 0. The van der Waals surface area contributed by atoms with Crippen LogP contribution in [0.1, 0.15) is 23.7 Å². The topological polar surface area (TPSA) is 72.2 Å². The Balaban J connectivity index is 2.80. The number of carbonyl (C=O) groups excluding carboxylic acids is 1. The lowest BCUT2D eigenvalue weighted by molar-refractivity contribution is -0.384. The minimum absolute atomic E-state index is 0.119. The van der Waals surface area contributed by atoms with Crippen molar-refractivity contribution in [1.29, 1.82) is 0 Å². The van der Waals surface area contributed by atoms with Crippen LogP contribution in [0.3, 0.4) is 0 Å². The van der Waals surface area contributed by atoms with Crippen molar-refractivity contribution in [3.8, 4) is 0 Å². The van der Waals surface area contributed by atoms with E-state index in [-0.39, 0.29) is 16.3 Å². The predicted octanol–water partition coefficient (Wildman–Crippen LogP) is 3.32. The Morgan fingerprint density at radius 2 is 2.10 bits per heavy atom. The third-order valence-electron chi connectivity index (χ3n) is 2.32. The fourth-order valence-corrected chi connectivity index (χ4v) is 1.76. The number of nitrogens with one attached hydrogen (secondary N) is 1.